The highest BCUT2D eigenvalue weighted by Crippen LogP contribution is 2.47. The molecule has 0 spiro atoms. The van der Waals surface area contributed by atoms with Gasteiger partial charge in [-0.05, 0) is 151 Å². The Morgan fingerprint density at radius 3 is 0.975 bits per heavy atom. The third kappa shape index (κ3) is 19.1. The van der Waals surface area contributed by atoms with E-state index in [1.165, 1.54) is 52.6 Å². The molecule has 13 aromatic carbocycles. The van der Waals surface area contributed by atoms with Crippen molar-refractivity contribution in [1.82, 2.24) is 44.9 Å². The van der Waals surface area contributed by atoms with Gasteiger partial charge in [0.2, 0.25) is 0 Å². The van der Waals surface area contributed by atoms with Crippen LogP contribution < -0.4 is 28.4 Å². The summed E-state index contributed by atoms with van der Waals surface area (Å²) in [6.07, 6.45) is 12.9. The first-order chi connectivity index (χ1) is 59.5. The van der Waals surface area contributed by atoms with E-state index in [0.717, 1.165) is 153 Å². The smallest absolute Gasteiger partial charge is 0.320 e. The first kappa shape index (κ1) is 85.0. The van der Waals surface area contributed by atoms with Gasteiger partial charge in [0.1, 0.15) is 68.4 Å². The molecule has 16 rings (SSSR count). The second kappa shape index (κ2) is 39.6. The van der Waals surface area contributed by atoms with Crippen LogP contribution in [-0.4, -0.2) is 115 Å². The summed E-state index contributed by atoms with van der Waals surface area (Å²) in [5, 5.41) is 80.6. The maximum Gasteiger partial charge on any atom is 0.320 e. The van der Waals surface area contributed by atoms with Crippen molar-refractivity contribution >= 4 is 75.4 Å². The molecule has 0 aliphatic heterocycles. The topological polar surface area (TPSA) is 293 Å². The van der Waals surface area contributed by atoms with Crippen LogP contribution in [0.2, 0.25) is 0 Å². The summed E-state index contributed by atoms with van der Waals surface area (Å²) in [7, 11) is 0. The number of nitrogens with zero attached hydrogens (tertiary/aromatic N) is 9. The molecule has 0 amide bonds. The lowest BCUT2D eigenvalue weighted by Gasteiger charge is -2.17. The quantitative estimate of drug-likeness (QED) is 0.0165. The number of rotatable bonds is 33. The van der Waals surface area contributed by atoms with Crippen molar-refractivity contribution in [3.8, 4) is 138 Å². The lowest BCUT2D eigenvalue weighted by molar-refractivity contribution is 0.217. The van der Waals surface area contributed by atoms with E-state index in [0.29, 0.717) is 92.1 Å². The number of aromatic hydroxyl groups is 6. The minimum absolute atomic E-state index is 0.0968. The van der Waals surface area contributed by atoms with Gasteiger partial charge in [-0.3, -0.25) is 0 Å². The largest absolute Gasteiger partial charge is 0.507 e. The van der Waals surface area contributed by atoms with Crippen molar-refractivity contribution < 1.29 is 59.1 Å². The zero-order chi connectivity index (χ0) is 85.3. The van der Waals surface area contributed by atoms with Crippen molar-refractivity contribution in [3.63, 3.8) is 0 Å². The third-order valence-corrected chi connectivity index (χ3v) is 22.4. The predicted molar refractivity (Wildman–Crippen MR) is 486 cm³/mol. The molecule has 0 radical (unpaired) electrons. The number of hydrogen-bond donors (Lipinski definition) is 6. The van der Waals surface area contributed by atoms with Crippen molar-refractivity contribution in [2.24, 2.45) is 17.8 Å². The van der Waals surface area contributed by atoms with E-state index in [1.807, 2.05) is 93.6 Å². The fourth-order valence-corrected chi connectivity index (χ4v) is 15.8. The van der Waals surface area contributed by atoms with Crippen molar-refractivity contribution in [1.29, 1.82) is 0 Å². The fourth-order valence-electron chi connectivity index (χ4n) is 15.8. The van der Waals surface area contributed by atoms with Gasteiger partial charge < -0.3 is 59.1 Å². The molecule has 0 saturated carbocycles. The van der Waals surface area contributed by atoms with Crippen LogP contribution in [-0.2, 0) is 0 Å². The first-order valence-electron chi connectivity index (χ1n) is 42.8. The number of phenolic OH excluding ortho intramolecular Hbond substituents is 6. The van der Waals surface area contributed by atoms with Crippen LogP contribution in [0.25, 0.3) is 144 Å². The highest BCUT2D eigenvalue weighted by molar-refractivity contribution is 6.25. The van der Waals surface area contributed by atoms with Crippen molar-refractivity contribution in [3.05, 3.63) is 200 Å². The van der Waals surface area contributed by atoms with Gasteiger partial charge in [0.05, 0.1) is 39.6 Å². The average Bonchev–Trinajstić information content (AvgIpc) is 0.368. The molecule has 3 atom stereocenters. The number of benzene rings is 13. The summed E-state index contributed by atoms with van der Waals surface area (Å²) in [5.74, 6) is 2.62. The molecule has 0 aliphatic carbocycles. The van der Waals surface area contributed by atoms with Gasteiger partial charge in [-0.2, -0.15) is 29.9 Å². The lowest BCUT2D eigenvalue weighted by atomic mass is 9.92. The van der Waals surface area contributed by atoms with Gasteiger partial charge >= 0.3 is 18.0 Å². The molecule has 3 unspecified atom stereocenters. The van der Waals surface area contributed by atoms with Gasteiger partial charge in [0.25, 0.3) is 0 Å². The van der Waals surface area contributed by atoms with E-state index in [9.17, 15) is 30.6 Å². The van der Waals surface area contributed by atoms with Crippen molar-refractivity contribution in [2.75, 3.05) is 39.6 Å². The molecule has 16 aromatic rings. The minimum Gasteiger partial charge on any atom is -0.507 e. The monoisotopic (exact) mass is 1640 g/mol. The summed E-state index contributed by atoms with van der Waals surface area (Å²) in [6.45, 7) is 21.1. The van der Waals surface area contributed by atoms with E-state index in [1.54, 1.807) is 0 Å². The minimum atomic E-state index is -0.191. The maximum absolute atomic E-state index is 10.9. The van der Waals surface area contributed by atoms with Crippen LogP contribution >= 0.6 is 0 Å². The van der Waals surface area contributed by atoms with Crippen LogP contribution in [0.5, 0.6) is 69.8 Å². The molecule has 3 heterocycles. The second-order valence-electron chi connectivity index (χ2n) is 30.6. The van der Waals surface area contributed by atoms with Gasteiger partial charge in [-0.15, -0.1) is 0 Å². The van der Waals surface area contributed by atoms with Crippen molar-refractivity contribution in [2.45, 2.75) is 139 Å². The molecule has 0 saturated heterocycles. The van der Waals surface area contributed by atoms with E-state index >= 15 is 0 Å². The summed E-state index contributed by atoms with van der Waals surface area (Å²) >= 11 is 0. The highest BCUT2D eigenvalue weighted by atomic mass is 16.5. The molecule has 21 heteroatoms. The number of phenols is 6. The van der Waals surface area contributed by atoms with E-state index in [4.69, 9.17) is 58.3 Å². The Balaban J connectivity index is 0.000000149. The highest BCUT2D eigenvalue weighted by Gasteiger charge is 2.27. The second-order valence-corrected chi connectivity index (χ2v) is 30.6. The normalized spacial score (nSPS) is 12.2. The molecule has 3 aromatic heterocycles. The molecule has 122 heavy (non-hydrogen) atoms. The van der Waals surface area contributed by atoms with E-state index in [2.05, 4.69) is 147 Å². The van der Waals surface area contributed by atoms with Crippen LogP contribution in [0, 0.1) is 17.8 Å². The summed E-state index contributed by atoms with van der Waals surface area (Å²) in [5.41, 5.74) is 2.76. The van der Waals surface area contributed by atoms with E-state index in [-0.39, 0.29) is 86.7 Å². The summed E-state index contributed by atoms with van der Waals surface area (Å²) in [6, 6.07) is 64.9. The van der Waals surface area contributed by atoms with Gasteiger partial charge in [0.15, 0.2) is 34.9 Å². The average molecular weight is 1640 g/mol. The number of aromatic nitrogens is 9. The van der Waals surface area contributed by atoms with Crippen LogP contribution in [0.3, 0.4) is 0 Å². The summed E-state index contributed by atoms with van der Waals surface area (Å²) < 4.78 is 35.0. The number of ether oxygens (including phenoxy) is 6. The summed E-state index contributed by atoms with van der Waals surface area (Å²) in [4.78, 5) is 42.4. The Morgan fingerprint density at radius 1 is 0.254 bits per heavy atom. The molecule has 6 N–H and O–H groups in total. The zero-order valence-corrected chi connectivity index (χ0v) is 70.7. The molecule has 626 valence electrons. The molecular formula is C101H105N9O12. The lowest BCUT2D eigenvalue weighted by Crippen LogP contribution is -2.13. The molecule has 0 bridgehead atoms. The fraction of sp³-hybridized carbons (Fsp3) is 0.297. The van der Waals surface area contributed by atoms with Gasteiger partial charge in [-0.25, -0.2) is 15.0 Å². The number of unbranched alkanes of at least 4 members (excludes halogenated alkanes) is 3. The Labute approximate surface area is 710 Å². The van der Waals surface area contributed by atoms with Gasteiger partial charge in [-0.1, -0.05) is 245 Å². The standard InChI is InChI=1S/C35H35N3O4.2C33H35N3O4/c1-4-7-9-21(5-2)20-42-35-37-33(36-34(38-35)32-28(39)18-25(41-6-3)19-29(32)40)27-17-15-24-13-12-22-10-8-11-23-14-16-26(27)31(24)30(22)23;1-4-7-12-21(5-2)20-40-33-35-31(34-32(36-33)30-27(37)18-24(39-6-3)19-28(30)38)29-25-15-10-8-13-22(25)17-23-14-9-11-16-26(23)29;1-4-7-12-21(5-2)20-40-33-35-31(34-32(36-33)30-28(37)18-23(39-6-3)19-29(30)38)27-17-22-13-8-9-14-24(22)25-15-10-11-16-26(25)27/h8,10-19,21,39-40H,4-7,9,20H2,1-3H3;2*8-11,13-19,21,37-38H,4-7,12,20H2,1-3H3. The molecular weight excluding hydrogens is 1530 g/mol. The van der Waals surface area contributed by atoms with Crippen LogP contribution in [0.1, 0.15) is 139 Å². The molecule has 0 fully saturated rings. The zero-order valence-electron chi connectivity index (χ0n) is 70.7. The Morgan fingerprint density at radius 2 is 0.574 bits per heavy atom. The Bertz CT molecular complexity index is 6190. The Hall–Kier alpha value is -13.4. The maximum atomic E-state index is 10.9. The molecule has 0 aliphatic rings. The SMILES string of the molecule is CCCCC(CC)COc1nc(-c2c(O)cc(OCC)cc2O)nc(-c2c3ccccc3cc3ccccc23)n1.CCCCC(CC)COc1nc(-c2c(O)cc(OCC)cc2O)nc(-c2cc3ccccc3c3ccccc23)n1.CCCCC(CC)COc1nc(-c2c(O)cc(OCC)cc2O)nc(-c2ccc3ccc4cccc5ccc2c3c45)n1. The van der Waals surface area contributed by atoms with Crippen LogP contribution in [0.4, 0.5) is 0 Å². The number of fused-ring (bicyclic) bond motifs is 5. The van der Waals surface area contributed by atoms with E-state index < -0.39 is 0 Å². The van der Waals surface area contributed by atoms with Crippen LogP contribution in [0.15, 0.2) is 200 Å². The molecule has 21 nitrogen and oxygen atoms in total. The number of hydrogen-bond acceptors (Lipinski definition) is 21. The van der Waals surface area contributed by atoms with Gasteiger partial charge in [0, 0.05) is 53.1 Å². The predicted octanol–water partition coefficient (Wildman–Crippen LogP) is 24.3. The third-order valence-electron chi connectivity index (χ3n) is 22.4. The Kier molecular flexibility index (Phi) is 27.6. The first-order valence-corrected chi connectivity index (χ1v) is 42.8.